The zero-order valence-corrected chi connectivity index (χ0v) is 11.8. The molecular formula is C11H17ClN2O3S. The van der Waals surface area contributed by atoms with Crippen molar-refractivity contribution >= 4 is 27.3 Å². The molecule has 0 bridgehead atoms. The molecule has 0 aliphatic carbocycles. The molecule has 0 saturated heterocycles. The summed E-state index contributed by atoms with van der Waals surface area (Å²) >= 11 is 5.74. The Morgan fingerprint density at radius 3 is 2.56 bits per heavy atom. The van der Waals surface area contributed by atoms with Crippen molar-refractivity contribution in [3.05, 3.63) is 23.2 Å². The topological polar surface area (TPSA) is 92.4 Å². The third-order valence-corrected chi connectivity index (χ3v) is 4.66. The molecular weight excluding hydrogens is 276 g/mol. The van der Waals surface area contributed by atoms with E-state index in [2.05, 4.69) is 4.72 Å². The molecule has 0 fully saturated rings. The largest absolute Gasteiger partial charge is 0.397 e. The molecule has 102 valence electrons. The smallest absolute Gasteiger partial charge is 0.240 e. The molecule has 0 spiro atoms. The molecule has 5 nitrogen and oxygen atoms in total. The van der Waals surface area contributed by atoms with E-state index in [0.717, 1.165) is 0 Å². The highest BCUT2D eigenvalue weighted by molar-refractivity contribution is 7.89. The van der Waals surface area contributed by atoms with Gasteiger partial charge in [-0.15, -0.1) is 0 Å². The summed E-state index contributed by atoms with van der Waals surface area (Å²) in [5.74, 6) is -0.176. The average Bonchev–Trinajstić information content (AvgIpc) is 2.30. The third-order valence-electron chi connectivity index (χ3n) is 2.76. The van der Waals surface area contributed by atoms with E-state index in [4.69, 9.17) is 22.4 Å². The Bertz CT molecular complexity index is 519. The summed E-state index contributed by atoms with van der Waals surface area (Å²) in [6.45, 7) is 3.35. The fraction of sp³-hybridized carbons (Fsp3) is 0.455. The summed E-state index contributed by atoms with van der Waals surface area (Å²) in [6.07, 6.45) is 0. The highest BCUT2D eigenvalue weighted by atomic mass is 35.5. The number of benzene rings is 1. The SMILES string of the molecule is CC(CO)C(C)NS(=O)(=O)c1ccc(Cl)c(N)c1. The minimum Gasteiger partial charge on any atom is -0.397 e. The minimum absolute atomic E-state index is 0.0568. The van der Waals surface area contributed by atoms with Gasteiger partial charge in [0.25, 0.3) is 0 Å². The monoisotopic (exact) mass is 292 g/mol. The molecule has 0 aliphatic rings. The molecule has 4 N–H and O–H groups in total. The van der Waals surface area contributed by atoms with Crippen LogP contribution in [0.25, 0.3) is 0 Å². The molecule has 2 atom stereocenters. The predicted octanol–water partition coefficient (Wildman–Crippen LogP) is 1.22. The van der Waals surface area contributed by atoms with E-state index in [1.165, 1.54) is 18.2 Å². The normalized spacial score (nSPS) is 15.3. The quantitative estimate of drug-likeness (QED) is 0.712. The van der Waals surface area contributed by atoms with Gasteiger partial charge in [0, 0.05) is 12.6 Å². The van der Waals surface area contributed by atoms with Crippen molar-refractivity contribution in [2.24, 2.45) is 5.92 Å². The lowest BCUT2D eigenvalue weighted by Gasteiger charge is -2.19. The predicted molar refractivity (Wildman–Crippen MR) is 71.9 cm³/mol. The van der Waals surface area contributed by atoms with E-state index in [9.17, 15) is 8.42 Å². The second-order valence-electron chi connectivity index (χ2n) is 4.25. The molecule has 18 heavy (non-hydrogen) atoms. The van der Waals surface area contributed by atoms with Gasteiger partial charge < -0.3 is 10.8 Å². The van der Waals surface area contributed by atoms with Crippen molar-refractivity contribution in [3.8, 4) is 0 Å². The molecule has 0 saturated carbocycles. The number of aliphatic hydroxyl groups excluding tert-OH is 1. The van der Waals surface area contributed by atoms with Gasteiger partial charge in [-0.3, -0.25) is 0 Å². The molecule has 2 unspecified atom stereocenters. The summed E-state index contributed by atoms with van der Waals surface area (Å²) < 4.78 is 26.6. The van der Waals surface area contributed by atoms with E-state index in [-0.39, 0.29) is 29.1 Å². The molecule has 1 rings (SSSR count). The van der Waals surface area contributed by atoms with Crippen molar-refractivity contribution in [1.82, 2.24) is 4.72 Å². The molecule has 1 aromatic rings. The van der Waals surface area contributed by atoms with Crippen LogP contribution in [0.2, 0.25) is 5.02 Å². The maximum Gasteiger partial charge on any atom is 0.240 e. The van der Waals surface area contributed by atoms with Crippen LogP contribution >= 0.6 is 11.6 Å². The molecule has 0 aliphatic heterocycles. The van der Waals surface area contributed by atoms with Crippen molar-refractivity contribution < 1.29 is 13.5 Å². The summed E-state index contributed by atoms with van der Waals surface area (Å²) in [5, 5.41) is 9.29. The highest BCUT2D eigenvalue weighted by Gasteiger charge is 2.21. The van der Waals surface area contributed by atoms with Gasteiger partial charge in [-0.25, -0.2) is 13.1 Å². The van der Waals surface area contributed by atoms with Crippen LogP contribution in [-0.2, 0) is 10.0 Å². The molecule has 1 aromatic carbocycles. The van der Waals surface area contributed by atoms with E-state index >= 15 is 0 Å². The number of rotatable bonds is 5. The fourth-order valence-electron chi connectivity index (χ4n) is 1.28. The minimum atomic E-state index is -3.65. The molecule has 0 amide bonds. The van der Waals surface area contributed by atoms with Gasteiger partial charge in [0.05, 0.1) is 15.6 Å². The standard InChI is InChI=1S/C11H17ClN2O3S/c1-7(6-15)8(2)14-18(16,17)9-3-4-10(12)11(13)5-9/h3-5,7-8,14-15H,6,13H2,1-2H3. The van der Waals surface area contributed by atoms with Crippen LogP contribution in [0.15, 0.2) is 23.1 Å². The Morgan fingerprint density at radius 1 is 1.44 bits per heavy atom. The number of nitrogen functional groups attached to an aromatic ring is 1. The van der Waals surface area contributed by atoms with Gasteiger partial charge in [0.2, 0.25) is 10.0 Å². The van der Waals surface area contributed by atoms with Crippen LogP contribution in [0, 0.1) is 5.92 Å². The zero-order chi connectivity index (χ0) is 13.9. The fourth-order valence-corrected chi connectivity index (χ4v) is 2.78. The average molecular weight is 293 g/mol. The highest BCUT2D eigenvalue weighted by Crippen LogP contribution is 2.22. The Morgan fingerprint density at radius 2 is 2.06 bits per heavy atom. The van der Waals surface area contributed by atoms with Crippen molar-refractivity contribution in [1.29, 1.82) is 0 Å². The first kappa shape index (κ1) is 15.2. The van der Waals surface area contributed by atoms with Crippen molar-refractivity contribution in [2.75, 3.05) is 12.3 Å². The first-order chi connectivity index (χ1) is 8.27. The Balaban J connectivity index is 2.96. The lowest BCUT2D eigenvalue weighted by atomic mass is 10.1. The van der Waals surface area contributed by atoms with Crippen LogP contribution in [0.5, 0.6) is 0 Å². The lowest BCUT2D eigenvalue weighted by Crippen LogP contribution is -2.38. The maximum atomic E-state index is 12.0. The first-order valence-corrected chi connectivity index (χ1v) is 7.32. The number of hydrogen-bond acceptors (Lipinski definition) is 4. The summed E-state index contributed by atoms with van der Waals surface area (Å²) in [5.41, 5.74) is 5.78. The van der Waals surface area contributed by atoms with Crippen molar-refractivity contribution in [3.63, 3.8) is 0 Å². The van der Waals surface area contributed by atoms with E-state index < -0.39 is 10.0 Å². The van der Waals surface area contributed by atoms with Crippen molar-refractivity contribution in [2.45, 2.75) is 24.8 Å². The van der Waals surface area contributed by atoms with Gasteiger partial charge in [-0.1, -0.05) is 18.5 Å². The van der Waals surface area contributed by atoms with Crippen LogP contribution in [0.1, 0.15) is 13.8 Å². The number of aliphatic hydroxyl groups is 1. The van der Waals surface area contributed by atoms with Gasteiger partial charge in [-0.05, 0) is 31.0 Å². The maximum absolute atomic E-state index is 12.0. The number of anilines is 1. The zero-order valence-electron chi connectivity index (χ0n) is 10.2. The number of sulfonamides is 1. The molecule has 0 heterocycles. The van der Waals surface area contributed by atoms with Gasteiger partial charge in [-0.2, -0.15) is 0 Å². The molecule has 0 radical (unpaired) electrons. The van der Waals surface area contributed by atoms with E-state index in [0.29, 0.717) is 5.02 Å². The summed E-state index contributed by atoms with van der Waals surface area (Å²) in [6, 6.07) is 3.75. The Labute approximate surface area is 112 Å². The third kappa shape index (κ3) is 3.58. The summed E-state index contributed by atoms with van der Waals surface area (Å²) in [4.78, 5) is 0.0568. The number of nitrogens with one attached hydrogen (secondary N) is 1. The lowest BCUT2D eigenvalue weighted by molar-refractivity contribution is 0.216. The summed E-state index contributed by atoms with van der Waals surface area (Å²) in [7, 11) is -3.65. The Kier molecular flexibility index (Phi) is 4.98. The van der Waals surface area contributed by atoms with Crippen LogP contribution in [-0.4, -0.2) is 26.2 Å². The second-order valence-corrected chi connectivity index (χ2v) is 6.37. The Hall–Kier alpha value is -0.820. The number of nitrogens with two attached hydrogens (primary N) is 1. The van der Waals surface area contributed by atoms with Gasteiger partial charge in [0.1, 0.15) is 0 Å². The van der Waals surface area contributed by atoms with Crippen LogP contribution < -0.4 is 10.5 Å². The van der Waals surface area contributed by atoms with Gasteiger partial charge >= 0.3 is 0 Å². The van der Waals surface area contributed by atoms with Crippen LogP contribution in [0.3, 0.4) is 0 Å². The number of halogens is 1. The van der Waals surface area contributed by atoms with Gasteiger partial charge in [0.15, 0.2) is 0 Å². The van der Waals surface area contributed by atoms with E-state index in [1.54, 1.807) is 13.8 Å². The number of hydrogen-bond donors (Lipinski definition) is 3. The van der Waals surface area contributed by atoms with E-state index in [1.807, 2.05) is 0 Å². The molecule has 7 heteroatoms. The van der Waals surface area contributed by atoms with Crippen LogP contribution in [0.4, 0.5) is 5.69 Å². The second kappa shape index (κ2) is 5.88. The first-order valence-electron chi connectivity index (χ1n) is 5.46. The molecule has 0 aromatic heterocycles.